The van der Waals surface area contributed by atoms with Crippen LogP contribution < -0.4 is 10.6 Å². The molecular formula is C18H17N3O2. The number of benzene rings is 1. The average molecular weight is 307 g/mol. The van der Waals surface area contributed by atoms with E-state index < -0.39 is 0 Å². The molecule has 0 saturated heterocycles. The molecule has 0 aliphatic heterocycles. The molecule has 1 unspecified atom stereocenters. The first-order chi connectivity index (χ1) is 11.3. The van der Waals surface area contributed by atoms with Gasteiger partial charge in [-0.05, 0) is 29.8 Å². The van der Waals surface area contributed by atoms with Crippen LogP contribution in [-0.4, -0.2) is 11.0 Å². The Balaban J connectivity index is 1.68. The molecule has 5 heteroatoms. The van der Waals surface area contributed by atoms with Crippen molar-refractivity contribution < 1.29 is 9.21 Å². The Morgan fingerprint density at radius 2 is 1.87 bits per heavy atom. The SMILES string of the molecule is O=C(NCc1ccccn1)NC(c1ccccc1)c1ccco1. The molecule has 0 saturated carbocycles. The van der Waals surface area contributed by atoms with Crippen molar-refractivity contribution in [3.63, 3.8) is 0 Å². The second-order valence-corrected chi connectivity index (χ2v) is 5.01. The van der Waals surface area contributed by atoms with Crippen molar-refractivity contribution in [2.75, 3.05) is 0 Å². The summed E-state index contributed by atoms with van der Waals surface area (Å²) in [7, 11) is 0. The lowest BCUT2D eigenvalue weighted by Crippen LogP contribution is -2.38. The van der Waals surface area contributed by atoms with E-state index in [-0.39, 0.29) is 12.1 Å². The summed E-state index contributed by atoms with van der Waals surface area (Å²) >= 11 is 0. The van der Waals surface area contributed by atoms with Gasteiger partial charge in [-0.1, -0.05) is 36.4 Å². The van der Waals surface area contributed by atoms with Crippen LogP contribution in [0.15, 0.2) is 77.5 Å². The molecule has 1 aromatic carbocycles. The fourth-order valence-corrected chi connectivity index (χ4v) is 2.28. The number of rotatable bonds is 5. The summed E-state index contributed by atoms with van der Waals surface area (Å²) in [6.07, 6.45) is 3.29. The quantitative estimate of drug-likeness (QED) is 0.760. The number of aromatic nitrogens is 1. The minimum atomic E-state index is -0.338. The molecule has 2 amide bonds. The molecule has 0 aliphatic carbocycles. The molecule has 2 heterocycles. The van der Waals surface area contributed by atoms with E-state index in [1.165, 1.54) is 0 Å². The number of nitrogens with zero attached hydrogens (tertiary/aromatic N) is 1. The first-order valence-electron chi connectivity index (χ1n) is 7.35. The van der Waals surface area contributed by atoms with Crippen LogP contribution in [0.25, 0.3) is 0 Å². The molecule has 0 radical (unpaired) electrons. The molecule has 0 bridgehead atoms. The zero-order valence-electron chi connectivity index (χ0n) is 12.5. The molecule has 116 valence electrons. The Hall–Kier alpha value is -3.08. The number of urea groups is 1. The molecule has 3 aromatic rings. The van der Waals surface area contributed by atoms with Crippen LogP contribution in [0.4, 0.5) is 4.79 Å². The highest BCUT2D eigenvalue weighted by molar-refractivity contribution is 5.74. The van der Waals surface area contributed by atoms with E-state index in [4.69, 9.17) is 4.42 Å². The minimum absolute atomic E-state index is 0.277. The molecule has 1 atom stereocenters. The third-order valence-corrected chi connectivity index (χ3v) is 3.39. The van der Waals surface area contributed by atoms with Gasteiger partial charge < -0.3 is 15.1 Å². The molecule has 3 rings (SSSR count). The summed E-state index contributed by atoms with van der Waals surface area (Å²) in [6.45, 7) is 0.367. The maximum Gasteiger partial charge on any atom is 0.315 e. The first kappa shape index (κ1) is 14.8. The summed E-state index contributed by atoms with van der Waals surface area (Å²) in [6, 6.07) is 18.3. The Morgan fingerprint density at radius 1 is 1.04 bits per heavy atom. The van der Waals surface area contributed by atoms with Crippen LogP contribution in [0.5, 0.6) is 0 Å². The minimum Gasteiger partial charge on any atom is -0.467 e. The fraction of sp³-hybridized carbons (Fsp3) is 0.111. The number of furan rings is 1. The van der Waals surface area contributed by atoms with E-state index in [9.17, 15) is 4.79 Å². The summed E-state index contributed by atoms with van der Waals surface area (Å²) in [5.41, 5.74) is 1.76. The molecule has 0 aliphatic rings. The van der Waals surface area contributed by atoms with Crippen molar-refractivity contribution in [3.05, 3.63) is 90.1 Å². The van der Waals surface area contributed by atoms with Gasteiger partial charge in [0.05, 0.1) is 18.5 Å². The third kappa shape index (κ3) is 3.97. The number of hydrogen-bond acceptors (Lipinski definition) is 3. The van der Waals surface area contributed by atoms with Crippen molar-refractivity contribution >= 4 is 6.03 Å². The average Bonchev–Trinajstić information content (AvgIpc) is 3.14. The Bertz CT molecular complexity index is 727. The first-order valence-corrected chi connectivity index (χ1v) is 7.35. The Labute approximate surface area is 134 Å². The van der Waals surface area contributed by atoms with Crippen LogP contribution in [-0.2, 0) is 6.54 Å². The van der Waals surface area contributed by atoms with Gasteiger partial charge in [-0.15, -0.1) is 0 Å². The number of hydrogen-bond donors (Lipinski definition) is 2. The topological polar surface area (TPSA) is 67.2 Å². The van der Waals surface area contributed by atoms with Crippen molar-refractivity contribution in [3.8, 4) is 0 Å². The van der Waals surface area contributed by atoms with Gasteiger partial charge in [0.1, 0.15) is 11.8 Å². The van der Waals surface area contributed by atoms with E-state index in [0.29, 0.717) is 12.3 Å². The molecule has 2 aromatic heterocycles. The van der Waals surface area contributed by atoms with Crippen LogP contribution in [0.2, 0.25) is 0 Å². The van der Waals surface area contributed by atoms with Crippen LogP contribution >= 0.6 is 0 Å². The fourth-order valence-electron chi connectivity index (χ4n) is 2.28. The van der Waals surface area contributed by atoms with Gasteiger partial charge in [0.15, 0.2) is 0 Å². The van der Waals surface area contributed by atoms with Gasteiger partial charge in [-0.3, -0.25) is 4.98 Å². The van der Waals surface area contributed by atoms with E-state index >= 15 is 0 Å². The highest BCUT2D eigenvalue weighted by Gasteiger charge is 2.18. The van der Waals surface area contributed by atoms with Gasteiger partial charge in [0.25, 0.3) is 0 Å². The highest BCUT2D eigenvalue weighted by atomic mass is 16.3. The van der Waals surface area contributed by atoms with E-state index in [1.807, 2.05) is 54.6 Å². The van der Waals surface area contributed by atoms with Gasteiger partial charge in [0.2, 0.25) is 0 Å². The second-order valence-electron chi connectivity index (χ2n) is 5.01. The van der Waals surface area contributed by atoms with Crippen molar-refractivity contribution in [1.82, 2.24) is 15.6 Å². The van der Waals surface area contributed by atoms with Crippen LogP contribution in [0, 0.1) is 0 Å². The summed E-state index contributed by atoms with van der Waals surface area (Å²) in [5.74, 6) is 0.684. The number of carbonyl (C=O) groups excluding carboxylic acids is 1. The number of nitrogens with one attached hydrogen (secondary N) is 2. The Kier molecular flexibility index (Phi) is 4.69. The Morgan fingerprint density at radius 3 is 2.57 bits per heavy atom. The van der Waals surface area contributed by atoms with Crippen molar-refractivity contribution in [2.24, 2.45) is 0 Å². The summed E-state index contributed by atoms with van der Waals surface area (Å²) in [5, 5.41) is 5.74. The highest BCUT2D eigenvalue weighted by Crippen LogP contribution is 2.22. The van der Waals surface area contributed by atoms with Gasteiger partial charge >= 0.3 is 6.03 Å². The van der Waals surface area contributed by atoms with Crippen LogP contribution in [0.3, 0.4) is 0 Å². The standard InChI is InChI=1S/C18H17N3O2/c22-18(20-13-15-9-4-5-11-19-15)21-17(16-10-6-12-23-16)14-7-2-1-3-8-14/h1-12,17H,13H2,(H2,20,21,22). The molecule has 5 nitrogen and oxygen atoms in total. The number of carbonyl (C=O) groups is 1. The summed E-state index contributed by atoms with van der Waals surface area (Å²) in [4.78, 5) is 16.4. The largest absolute Gasteiger partial charge is 0.467 e. The maximum atomic E-state index is 12.2. The monoisotopic (exact) mass is 307 g/mol. The molecular weight excluding hydrogens is 290 g/mol. The zero-order valence-corrected chi connectivity index (χ0v) is 12.5. The molecule has 23 heavy (non-hydrogen) atoms. The number of amides is 2. The van der Waals surface area contributed by atoms with E-state index in [0.717, 1.165) is 11.3 Å². The van der Waals surface area contributed by atoms with Crippen molar-refractivity contribution in [2.45, 2.75) is 12.6 Å². The molecule has 2 N–H and O–H groups in total. The van der Waals surface area contributed by atoms with Crippen molar-refractivity contribution in [1.29, 1.82) is 0 Å². The lowest BCUT2D eigenvalue weighted by molar-refractivity contribution is 0.236. The third-order valence-electron chi connectivity index (χ3n) is 3.39. The lowest BCUT2D eigenvalue weighted by Gasteiger charge is -2.17. The smallest absolute Gasteiger partial charge is 0.315 e. The number of pyridine rings is 1. The predicted octanol–water partition coefficient (Wildman–Crippen LogP) is 3.26. The van der Waals surface area contributed by atoms with Gasteiger partial charge in [0, 0.05) is 6.20 Å². The maximum absolute atomic E-state index is 12.2. The predicted molar refractivity (Wildman–Crippen MR) is 86.6 cm³/mol. The summed E-state index contributed by atoms with van der Waals surface area (Å²) < 4.78 is 5.46. The van der Waals surface area contributed by atoms with E-state index in [2.05, 4.69) is 15.6 Å². The molecule has 0 spiro atoms. The lowest BCUT2D eigenvalue weighted by atomic mass is 10.1. The zero-order chi connectivity index (χ0) is 15.9. The molecule has 0 fully saturated rings. The van der Waals surface area contributed by atoms with Crippen LogP contribution in [0.1, 0.15) is 23.1 Å². The van der Waals surface area contributed by atoms with Gasteiger partial charge in [-0.25, -0.2) is 4.79 Å². The second kappa shape index (κ2) is 7.26. The van der Waals surface area contributed by atoms with E-state index in [1.54, 1.807) is 18.5 Å². The normalized spacial score (nSPS) is 11.7. The van der Waals surface area contributed by atoms with Gasteiger partial charge in [-0.2, -0.15) is 0 Å².